The van der Waals surface area contributed by atoms with Gasteiger partial charge in [0.05, 0.1) is 5.41 Å². The van der Waals surface area contributed by atoms with E-state index in [9.17, 15) is 14.7 Å². The molecule has 0 spiro atoms. The molecule has 0 aliphatic carbocycles. The number of aliphatic carboxylic acids is 1. The lowest BCUT2D eigenvalue weighted by molar-refractivity contribution is -0.153. The summed E-state index contributed by atoms with van der Waals surface area (Å²) >= 11 is 0. The van der Waals surface area contributed by atoms with Crippen molar-refractivity contribution in [3.8, 4) is 0 Å². The van der Waals surface area contributed by atoms with Gasteiger partial charge in [0.1, 0.15) is 0 Å². The molecule has 116 valence electrons. The maximum absolute atomic E-state index is 12.2. The second kappa shape index (κ2) is 7.07. The molecule has 20 heavy (non-hydrogen) atoms. The number of piperidine rings is 1. The lowest BCUT2D eigenvalue weighted by Gasteiger charge is -2.39. The van der Waals surface area contributed by atoms with Crippen molar-refractivity contribution in [2.45, 2.75) is 46.5 Å². The molecule has 2 atom stereocenters. The minimum Gasteiger partial charge on any atom is -0.481 e. The summed E-state index contributed by atoms with van der Waals surface area (Å²) in [6.07, 6.45) is 3.08. The molecule has 3 N–H and O–H groups in total. The fraction of sp³-hybridized carbons (Fsp3) is 0.867. The molecule has 0 saturated carbocycles. The SMILES string of the molecule is CC(CN)CCC(=O)N1CCCC(C(C)(C)C(=O)O)C1. The van der Waals surface area contributed by atoms with Crippen LogP contribution < -0.4 is 5.73 Å². The van der Waals surface area contributed by atoms with Crippen molar-refractivity contribution in [3.63, 3.8) is 0 Å². The molecule has 1 aliphatic rings. The summed E-state index contributed by atoms with van der Waals surface area (Å²) in [5.74, 6) is -0.260. The second-order valence-electron chi connectivity index (χ2n) is 6.59. The van der Waals surface area contributed by atoms with Gasteiger partial charge in [-0.3, -0.25) is 9.59 Å². The van der Waals surface area contributed by atoms with Crippen LogP contribution in [0.3, 0.4) is 0 Å². The van der Waals surface area contributed by atoms with Gasteiger partial charge in [-0.2, -0.15) is 0 Å². The Labute approximate surface area is 121 Å². The molecule has 1 rings (SSSR count). The summed E-state index contributed by atoms with van der Waals surface area (Å²) in [7, 11) is 0. The number of nitrogens with two attached hydrogens (primary N) is 1. The number of hydrogen-bond donors (Lipinski definition) is 2. The molecule has 0 aromatic carbocycles. The Bertz CT molecular complexity index is 355. The fourth-order valence-corrected chi connectivity index (χ4v) is 2.61. The Hall–Kier alpha value is -1.10. The number of rotatable bonds is 6. The first-order valence-electron chi connectivity index (χ1n) is 7.50. The largest absolute Gasteiger partial charge is 0.481 e. The summed E-state index contributed by atoms with van der Waals surface area (Å²) in [6.45, 7) is 7.47. The van der Waals surface area contributed by atoms with Crippen LogP contribution >= 0.6 is 0 Å². The highest BCUT2D eigenvalue weighted by Crippen LogP contribution is 2.34. The number of nitrogens with zero attached hydrogens (tertiary/aromatic N) is 1. The highest BCUT2D eigenvalue weighted by molar-refractivity contribution is 5.77. The first-order chi connectivity index (χ1) is 9.28. The van der Waals surface area contributed by atoms with Gasteiger partial charge in [-0.15, -0.1) is 0 Å². The molecule has 0 radical (unpaired) electrons. The molecule has 0 aromatic heterocycles. The van der Waals surface area contributed by atoms with Crippen molar-refractivity contribution >= 4 is 11.9 Å². The van der Waals surface area contributed by atoms with E-state index in [1.807, 2.05) is 11.8 Å². The maximum Gasteiger partial charge on any atom is 0.309 e. The first kappa shape index (κ1) is 17.0. The monoisotopic (exact) mass is 284 g/mol. The number of hydrogen-bond acceptors (Lipinski definition) is 3. The molecule has 2 unspecified atom stereocenters. The molecule has 5 nitrogen and oxygen atoms in total. The van der Waals surface area contributed by atoms with Crippen LogP contribution in [0.5, 0.6) is 0 Å². The van der Waals surface area contributed by atoms with Gasteiger partial charge in [-0.1, -0.05) is 6.92 Å². The van der Waals surface area contributed by atoms with Crippen LogP contribution in [0.25, 0.3) is 0 Å². The van der Waals surface area contributed by atoms with E-state index < -0.39 is 11.4 Å². The fourth-order valence-electron chi connectivity index (χ4n) is 2.61. The van der Waals surface area contributed by atoms with Crippen molar-refractivity contribution in [3.05, 3.63) is 0 Å². The second-order valence-corrected chi connectivity index (χ2v) is 6.59. The molecule has 1 saturated heterocycles. The Kier molecular flexibility index (Phi) is 5.99. The lowest BCUT2D eigenvalue weighted by atomic mass is 9.74. The van der Waals surface area contributed by atoms with Gasteiger partial charge in [-0.05, 0) is 51.5 Å². The van der Waals surface area contributed by atoms with Crippen LogP contribution in [-0.4, -0.2) is 41.5 Å². The van der Waals surface area contributed by atoms with Crippen LogP contribution in [0.15, 0.2) is 0 Å². The molecule has 1 amide bonds. The quantitative estimate of drug-likeness (QED) is 0.777. The van der Waals surface area contributed by atoms with Gasteiger partial charge in [-0.25, -0.2) is 0 Å². The van der Waals surface area contributed by atoms with E-state index in [1.54, 1.807) is 13.8 Å². The molecule has 0 bridgehead atoms. The summed E-state index contributed by atoms with van der Waals surface area (Å²) in [5.41, 5.74) is 4.78. The van der Waals surface area contributed by atoms with Crippen molar-refractivity contribution in [1.82, 2.24) is 4.90 Å². The van der Waals surface area contributed by atoms with E-state index in [0.717, 1.165) is 25.8 Å². The number of carbonyl (C=O) groups is 2. The zero-order valence-electron chi connectivity index (χ0n) is 12.9. The minimum absolute atomic E-state index is 0.0321. The number of carboxylic acid groups (broad SMARTS) is 1. The summed E-state index contributed by atoms with van der Waals surface area (Å²) in [6, 6.07) is 0. The van der Waals surface area contributed by atoms with E-state index in [2.05, 4.69) is 0 Å². The van der Waals surface area contributed by atoms with Crippen LogP contribution in [0, 0.1) is 17.3 Å². The van der Waals surface area contributed by atoms with Gasteiger partial charge in [0.15, 0.2) is 0 Å². The third kappa shape index (κ3) is 4.20. The van der Waals surface area contributed by atoms with Crippen molar-refractivity contribution < 1.29 is 14.7 Å². The molecule has 5 heteroatoms. The Morgan fingerprint density at radius 1 is 1.45 bits per heavy atom. The van der Waals surface area contributed by atoms with E-state index in [1.165, 1.54) is 0 Å². The molecule has 0 aromatic rings. The molecule has 1 fully saturated rings. The smallest absolute Gasteiger partial charge is 0.309 e. The van der Waals surface area contributed by atoms with Gasteiger partial charge in [0, 0.05) is 19.5 Å². The zero-order valence-corrected chi connectivity index (χ0v) is 12.9. The average molecular weight is 284 g/mol. The Morgan fingerprint density at radius 2 is 2.10 bits per heavy atom. The Balaban J connectivity index is 2.56. The van der Waals surface area contributed by atoms with E-state index >= 15 is 0 Å². The lowest BCUT2D eigenvalue weighted by Crippen LogP contribution is -2.46. The zero-order chi connectivity index (χ0) is 15.3. The number of carbonyl (C=O) groups excluding carboxylic acids is 1. The molecular weight excluding hydrogens is 256 g/mol. The molecule has 1 heterocycles. The van der Waals surface area contributed by atoms with E-state index in [4.69, 9.17) is 5.73 Å². The van der Waals surface area contributed by atoms with Gasteiger partial charge in [0.2, 0.25) is 5.91 Å². The number of carboxylic acids is 1. The molecular formula is C15H28N2O3. The normalized spacial score (nSPS) is 21.6. The predicted octanol–water partition coefficient (Wildman–Crippen LogP) is 1.71. The Morgan fingerprint density at radius 3 is 2.65 bits per heavy atom. The van der Waals surface area contributed by atoms with E-state index in [-0.39, 0.29) is 11.8 Å². The van der Waals surface area contributed by atoms with Gasteiger partial charge >= 0.3 is 5.97 Å². The summed E-state index contributed by atoms with van der Waals surface area (Å²) < 4.78 is 0. The third-order valence-electron chi connectivity index (χ3n) is 4.60. The standard InChI is InChI=1S/C15H28N2O3/c1-11(9-16)6-7-13(18)17-8-4-5-12(10-17)15(2,3)14(19)20/h11-12H,4-10,16H2,1-3H3,(H,19,20). The highest BCUT2D eigenvalue weighted by atomic mass is 16.4. The van der Waals surface area contributed by atoms with Crippen LogP contribution in [0.2, 0.25) is 0 Å². The van der Waals surface area contributed by atoms with Crippen molar-refractivity contribution in [2.24, 2.45) is 23.0 Å². The summed E-state index contributed by atoms with van der Waals surface area (Å²) in [4.78, 5) is 25.4. The molecule has 1 aliphatic heterocycles. The summed E-state index contributed by atoms with van der Waals surface area (Å²) in [5, 5.41) is 9.31. The van der Waals surface area contributed by atoms with Gasteiger partial charge < -0.3 is 15.7 Å². The maximum atomic E-state index is 12.2. The first-order valence-corrected chi connectivity index (χ1v) is 7.50. The van der Waals surface area contributed by atoms with Crippen molar-refractivity contribution in [1.29, 1.82) is 0 Å². The predicted molar refractivity (Wildman–Crippen MR) is 78.2 cm³/mol. The van der Waals surface area contributed by atoms with Crippen LogP contribution in [-0.2, 0) is 9.59 Å². The van der Waals surface area contributed by atoms with Gasteiger partial charge in [0.25, 0.3) is 0 Å². The van der Waals surface area contributed by atoms with Crippen LogP contribution in [0.4, 0.5) is 0 Å². The van der Waals surface area contributed by atoms with Crippen LogP contribution in [0.1, 0.15) is 46.5 Å². The third-order valence-corrected chi connectivity index (χ3v) is 4.60. The topological polar surface area (TPSA) is 83.6 Å². The van der Waals surface area contributed by atoms with E-state index in [0.29, 0.717) is 25.4 Å². The van der Waals surface area contributed by atoms with Crippen molar-refractivity contribution in [2.75, 3.05) is 19.6 Å². The number of amides is 1. The minimum atomic E-state index is -0.784. The average Bonchev–Trinajstić information content (AvgIpc) is 2.44. The highest BCUT2D eigenvalue weighted by Gasteiger charge is 2.39. The number of likely N-dealkylation sites (tertiary alicyclic amines) is 1.